The summed E-state index contributed by atoms with van der Waals surface area (Å²) in [7, 11) is -1.95. The van der Waals surface area contributed by atoms with E-state index in [4.69, 9.17) is 8.92 Å². The number of methoxy groups -OCH3 is 1. The van der Waals surface area contributed by atoms with E-state index in [2.05, 4.69) is 5.32 Å². The zero-order valence-electron chi connectivity index (χ0n) is 17.3. The number of carbonyl (C=O) groups is 1. The van der Waals surface area contributed by atoms with E-state index < -0.39 is 10.1 Å². The van der Waals surface area contributed by atoms with Gasteiger partial charge in [-0.15, -0.1) is 0 Å². The molecule has 0 radical (unpaired) electrons. The molecule has 2 amide bonds. The van der Waals surface area contributed by atoms with Crippen LogP contribution in [-0.4, -0.2) is 45.9 Å². The SMILES string of the molecule is COCCCN(Cc1ccc(OS(C)(=O)=O)cc1)C(=O)Nc1ccc(C)cc1C. The molecular formula is C21H28N2O5S. The van der Waals surface area contributed by atoms with Crippen LogP contribution in [0.1, 0.15) is 23.1 Å². The molecule has 0 aliphatic heterocycles. The fourth-order valence-electron chi connectivity index (χ4n) is 2.85. The Balaban J connectivity index is 2.11. The molecule has 8 heteroatoms. The Morgan fingerprint density at radius 1 is 1.10 bits per heavy atom. The van der Waals surface area contributed by atoms with E-state index in [0.717, 1.165) is 28.6 Å². The fraction of sp³-hybridized carbons (Fsp3) is 0.381. The molecule has 0 saturated heterocycles. The fourth-order valence-corrected chi connectivity index (χ4v) is 3.31. The lowest BCUT2D eigenvalue weighted by atomic mass is 10.1. The average Bonchev–Trinajstić information content (AvgIpc) is 2.63. The van der Waals surface area contributed by atoms with E-state index in [9.17, 15) is 13.2 Å². The van der Waals surface area contributed by atoms with Gasteiger partial charge in [-0.05, 0) is 49.6 Å². The van der Waals surface area contributed by atoms with Gasteiger partial charge >= 0.3 is 16.1 Å². The van der Waals surface area contributed by atoms with Crippen LogP contribution in [0.25, 0.3) is 0 Å². The molecule has 158 valence electrons. The molecule has 0 fully saturated rings. The number of rotatable bonds is 9. The number of nitrogens with zero attached hydrogens (tertiary/aromatic N) is 1. The van der Waals surface area contributed by atoms with Crippen LogP contribution in [0, 0.1) is 13.8 Å². The Hall–Kier alpha value is -2.58. The van der Waals surface area contributed by atoms with Crippen molar-refractivity contribution in [3.63, 3.8) is 0 Å². The number of nitrogens with one attached hydrogen (secondary N) is 1. The summed E-state index contributed by atoms with van der Waals surface area (Å²) in [6, 6.07) is 12.3. The lowest BCUT2D eigenvalue weighted by Gasteiger charge is -2.24. The number of hydrogen-bond donors (Lipinski definition) is 1. The smallest absolute Gasteiger partial charge is 0.322 e. The standard InChI is InChI=1S/C21H28N2O5S/c1-16-6-11-20(17(2)14-16)22-21(24)23(12-5-13-27-3)15-18-7-9-19(10-8-18)28-29(4,25)26/h6-11,14H,5,12-13,15H2,1-4H3,(H,22,24). The Labute approximate surface area is 172 Å². The highest BCUT2D eigenvalue weighted by Gasteiger charge is 2.15. The summed E-state index contributed by atoms with van der Waals surface area (Å²) in [5, 5.41) is 2.97. The molecular weight excluding hydrogens is 392 g/mol. The van der Waals surface area contributed by atoms with Crippen molar-refractivity contribution in [2.24, 2.45) is 0 Å². The van der Waals surface area contributed by atoms with E-state index >= 15 is 0 Å². The van der Waals surface area contributed by atoms with E-state index in [1.54, 1.807) is 36.3 Å². The number of benzene rings is 2. The first-order chi connectivity index (χ1) is 13.7. The predicted molar refractivity (Wildman–Crippen MR) is 114 cm³/mol. The van der Waals surface area contributed by atoms with Crippen molar-refractivity contribution in [2.45, 2.75) is 26.8 Å². The van der Waals surface area contributed by atoms with Crippen molar-refractivity contribution in [3.05, 3.63) is 59.2 Å². The van der Waals surface area contributed by atoms with Gasteiger partial charge in [-0.2, -0.15) is 8.42 Å². The highest BCUT2D eigenvalue weighted by Crippen LogP contribution is 2.19. The third-order valence-corrected chi connectivity index (χ3v) is 4.73. The van der Waals surface area contributed by atoms with Gasteiger partial charge in [0.1, 0.15) is 5.75 Å². The van der Waals surface area contributed by atoms with Gasteiger partial charge in [0, 0.05) is 32.5 Å². The van der Waals surface area contributed by atoms with Crippen molar-refractivity contribution < 1.29 is 22.1 Å². The van der Waals surface area contributed by atoms with E-state index in [0.29, 0.717) is 26.1 Å². The molecule has 2 rings (SSSR count). The predicted octanol–water partition coefficient (Wildman–Crippen LogP) is 3.71. The van der Waals surface area contributed by atoms with Gasteiger partial charge < -0.3 is 19.1 Å². The van der Waals surface area contributed by atoms with Crippen molar-refractivity contribution in [1.29, 1.82) is 0 Å². The molecule has 0 saturated carbocycles. The maximum absolute atomic E-state index is 12.9. The molecule has 0 bridgehead atoms. The number of urea groups is 1. The molecule has 0 spiro atoms. The molecule has 0 atom stereocenters. The molecule has 0 aliphatic rings. The Morgan fingerprint density at radius 3 is 2.38 bits per heavy atom. The Kier molecular flexibility index (Phi) is 8.04. The third kappa shape index (κ3) is 7.75. The van der Waals surface area contributed by atoms with Crippen molar-refractivity contribution in [2.75, 3.05) is 31.8 Å². The van der Waals surface area contributed by atoms with E-state index in [-0.39, 0.29) is 11.8 Å². The zero-order chi connectivity index (χ0) is 21.4. The summed E-state index contributed by atoms with van der Waals surface area (Å²) in [5.41, 5.74) is 3.76. The maximum Gasteiger partial charge on any atom is 0.322 e. The highest BCUT2D eigenvalue weighted by molar-refractivity contribution is 7.86. The van der Waals surface area contributed by atoms with Crippen molar-refractivity contribution in [1.82, 2.24) is 4.90 Å². The summed E-state index contributed by atoms with van der Waals surface area (Å²) < 4.78 is 32.4. The van der Waals surface area contributed by atoms with Crippen LogP contribution in [0.15, 0.2) is 42.5 Å². The molecule has 1 N–H and O–H groups in total. The quantitative estimate of drug-likeness (QED) is 0.494. The lowest BCUT2D eigenvalue weighted by molar-refractivity contribution is 0.171. The summed E-state index contributed by atoms with van der Waals surface area (Å²) >= 11 is 0. The molecule has 0 aromatic heterocycles. The van der Waals surface area contributed by atoms with Gasteiger partial charge in [-0.25, -0.2) is 4.79 Å². The summed E-state index contributed by atoms with van der Waals surface area (Å²) in [4.78, 5) is 14.6. The lowest BCUT2D eigenvalue weighted by Crippen LogP contribution is -2.35. The minimum atomic E-state index is -3.57. The van der Waals surface area contributed by atoms with Crippen LogP contribution in [0.4, 0.5) is 10.5 Å². The first kappa shape index (κ1) is 22.7. The molecule has 29 heavy (non-hydrogen) atoms. The van der Waals surface area contributed by atoms with Crippen LogP contribution in [-0.2, 0) is 21.4 Å². The van der Waals surface area contributed by atoms with Crippen LogP contribution in [0.2, 0.25) is 0 Å². The zero-order valence-corrected chi connectivity index (χ0v) is 18.1. The first-order valence-electron chi connectivity index (χ1n) is 9.28. The largest absolute Gasteiger partial charge is 0.385 e. The maximum atomic E-state index is 12.9. The monoisotopic (exact) mass is 420 g/mol. The van der Waals surface area contributed by atoms with Gasteiger partial charge in [0.15, 0.2) is 0 Å². The molecule has 0 unspecified atom stereocenters. The molecule has 2 aromatic rings. The second-order valence-electron chi connectivity index (χ2n) is 6.95. The topological polar surface area (TPSA) is 84.9 Å². The first-order valence-corrected chi connectivity index (χ1v) is 11.1. The van der Waals surface area contributed by atoms with E-state index in [1.165, 1.54) is 0 Å². The van der Waals surface area contributed by atoms with Gasteiger partial charge in [-0.1, -0.05) is 29.8 Å². The van der Waals surface area contributed by atoms with Gasteiger partial charge in [0.05, 0.1) is 6.26 Å². The van der Waals surface area contributed by atoms with Crippen molar-refractivity contribution in [3.8, 4) is 5.75 Å². The number of aryl methyl sites for hydroxylation is 2. The summed E-state index contributed by atoms with van der Waals surface area (Å²) in [6.07, 6.45) is 1.70. The second-order valence-corrected chi connectivity index (χ2v) is 8.52. The molecule has 0 aliphatic carbocycles. The Morgan fingerprint density at radius 2 is 1.79 bits per heavy atom. The number of anilines is 1. The average molecular weight is 421 g/mol. The van der Waals surface area contributed by atoms with E-state index in [1.807, 2.05) is 32.0 Å². The normalized spacial score (nSPS) is 11.2. The van der Waals surface area contributed by atoms with Crippen molar-refractivity contribution >= 4 is 21.8 Å². The third-order valence-electron chi connectivity index (χ3n) is 4.23. The molecule has 2 aromatic carbocycles. The summed E-state index contributed by atoms with van der Waals surface area (Å²) in [6.45, 7) is 5.41. The number of hydrogen-bond acceptors (Lipinski definition) is 5. The Bertz CT molecular complexity index is 927. The van der Waals surface area contributed by atoms with Crippen LogP contribution >= 0.6 is 0 Å². The van der Waals surface area contributed by atoms with Gasteiger partial charge in [0.2, 0.25) is 0 Å². The van der Waals surface area contributed by atoms with Crippen LogP contribution in [0.5, 0.6) is 5.75 Å². The number of ether oxygens (including phenoxy) is 1. The highest BCUT2D eigenvalue weighted by atomic mass is 32.2. The minimum Gasteiger partial charge on any atom is -0.385 e. The summed E-state index contributed by atoms with van der Waals surface area (Å²) in [5.74, 6) is 0.238. The van der Waals surface area contributed by atoms with Gasteiger partial charge in [0.25, 0.3) is 0 Å². The second kappa shape index (κ2) is 10.3. The number of carbonyl (C=O) groups excluding carboxylic acids is 1. The number of amides is 2. The van der Waals surface area contributed by atoms with Crippen LogP contribution in [0.3, 0.4) is 0 Å². The minimum absolute atomic E-state index is 0.204. The molecule has 0 heterocycles. The van der Waals surface area contributed by atoms with Crippen LogP contribution < -0.4 is 9.50 Å². The molecule has 7 nitrogen and oxygen atoms in total. The van der Waals surface area contributed by atoms with Gasteiger partial charge in [-0.3, -0.25) is 0 Å².